The van der Waals surface area contributed by atoms with Gasteiger partial charge in [0, 0.05) is 11.3 Å². The average Bonchev–Trinajstić information content (AvgIpc) is 3.10. The van der Waals surface area contributed by atoms with Gasteiger partial charge >= 0.3 is 0 Å². The van der Waals surface area contributed by atoms with Gasteiger partial charge in [-0.05, 0) is 48.4 Å². The number of rotatable bonds is 4. The smallest absolute Gasteiger partial charge is 0.255 e. The first-order valence-electron chi connectivity index (χ1n) is 7.11. The Labute approximate surface area is 128 Å². The number of anilines is 1. The molecule has 0 aliphatic heterocycles. The number of carbonyl (C=O) groups excluding carboxylic acids is 1. The van der Waals surface area contributed by atoms with Crippen molar-refractivity contribution >= 4 is 11.6 Å². The van der Waals surface area contributed by atoms with Gasteiger partial charge in [-0.1, -0.05) is 19.1 Å². The maximum absolute atomic E-state index is 12.2. The second-order valence-electron chi connectivity index (χ2n) is 4.89. The van der Waals surface area contributed by atoms with Crippen LogP contribution in [0.3, 0.4) is 0 Å². The predicted octanol–water partition coefficient (Wildman–Crippen LogP) is 3.08. The van der Waals surface area contributed by atoms with Crippen molar-refractivity contribution in [2.24, 2.45) is 0 Å². The van der Waals surface area contributed by atoms with Gasteiger partial charge in [-0.3, -0.25) is 4.79 Å². The summed E-state index contributed by atoms with van der Waals surface area (Å²) < 4.78 is 1.66. The molecule has 0 fully saturated rings. The molecule has 0 atom stereocenters. The molecule has 3 rings (SSSR count). The molecule has 0 aliphatic carbocycles. The third-order valence-corrected chi connectivity index (χ3v) is 3.43. The Morgan fingerprint density at radius 2 is 1.82 bits per heavy atom. The number of hydrogen-bond donors (Lipinski definition) is 1. The topological polar surface area (TPSA) is 59.8 Å². The zero-order valence-corrected chi connectivity index (χ0v) is 12.2. The molecule has 0 saturated heterocycles. The van der Waals surface area contributed by atoms with Crippen LogP contribution in [0.5, 0.6) is 0 Å². The van der Waals surface area contributed by atoms with Crippen LogP contribution in [0.25, 0.3) is 5.69 Å². The molecule has 1 heterocycles. The molecule has 0 aliphatic rings. The fourth-order valence-corrected chi connectivity index (χ4v) is 2.13. The maximum Gasteiger partial charge on any atom is 0.255 e. The number of benzene rings is 2. The van der Waals surface area contributed by atoms with Crippen LogP contribution in [0.2, 0.25) is 0 Å². The number of hydrogen-bond acceptors (Lipinski definition) is 3. The molecule has 5 heteroatoms. The molecule has 2 aromatic carbocycles. The van der Waals surface area contributed by atoms with E-state index in [1.807, 2.05) is 48.5 Å². The fraction of sp³-hybridized carbons (Fsp3) is 0.118. The van der Waals surface area contributed by atoms with Crippen molar-refractivity contribution in [2.45, 2.75) is 13.3 Å². The van der Waals surface area contributed by atoms with E-state index in [9.17, 15) is 4.79 Å². The summed E-state index contributed by atoms with van der Waals surface area (Å²) in [5, 5.41) is 6.94. The van der Waals surface area contributed by atoms with Gasteiger partial charge in [0.1, 0.15) is 12.7 Å². The summed E-state index contributed by atoms with van der Waals surface area (Å²) in [6.45, 7) is 2.09. The van der Waals surface area contributed by atoms with Crippen LogP contribution in [0.4, 0.5) is 5.69 Å². The summed E-state index contributed by atoms with van der Waals surface area (Å²) in [5.41, 5.74) is 3.50. The van der Waals surface area contributed by atoms with Crippen molar-refractivity contribution in [1.82, 2.24) is 14.8 Å². The van der Waals surface area contributed by atoms with E-state index in [0.29, 0.717) is 5.56 Å². The molecule has 5 nitrogen and oxygen atoms in total. The SMILES string of the molecule is CCc1ccc(C(=O)Nc2ccc(-n3cncn3)cc2)cc1. The summed E-state index contributed by atoms with van der Waals surface area (Å²) in [7, 11) is 0. The lowest BCUT2D eigenvalue weighted by atomic mass is 10.1. The molecule has 0 bridgehead atoms. The molecule has 0 unspecified atom stereocenters. The van der Waals surface area contributed by atoms with E-state index in [1.165, 1.54) is 11.9 Å². The lowest BCUT2D eigenvalue weighted by Gasteiger charge is -2.07. The summed E-state index contributed by atoms with van der Waals surface area (Å²) in [5.74, 6) is -0.115. The lowest BCUT2D eigenvalue weighted by molar-refractivity contribution is 0.102. The van der Waals surface area contributed by atoms with E-state index >= 15 is 0 Å². The highest BCUT2D eigenvalue weighted by atomic mass is 16.1. The first-order chi connectivity index (χ1) is 10.8. The number of aromatic nitrogens is 3. The predicted molar refractivity (Wildman–Crippen MR) is 85.1 cm³/mol. The standard InChI is InChI=1S/C17H16N4O/c1-2-13-3-5-14(6-4-13)17(22)20-15-7-9-16(10-8-15)21-12-18-11-19-21/h3-12H,2H2,1H3,(H,20,22). The molecule has 22 heavy (non-hydrogen) atoms. The molecular weight excluding hydrogens is 276 g/mol. The van der Waals surface area contributed by atoms with Gasteiger partial charge in [-0.2, -0.15) is 5.10 Å². The fourth-order valence-electron chi connectivity index (χ4n) is 2.13. The average molecular weight is 292 g/mol. The van der Waals surface area contributed by atoms with E-state index in [4.69, 9.17) is 0 Å². The van der Waals surface area contributed by atoms with Crippen molar-refractivity contribution in [3.05, 3.63) is 72.3 Å². The van der Waals surface area contributed by atoms with Crippen molar-refractivity contribution < 1.29 is 4.79 Å². The van der Waals surface area contributed by atoms with E-state index in [-0.39, 0.29) is 5.91 Å². The second-order valence-corrected chi connectivity index (χ2v) is 4.89. The van der Waals surface area contributed by atoms with Gasteiger partial charge in [0.05, 0.1) is 5.69 Å². The third kappa shape index (κ3) is 3.03. The van der Waals surface area contributed by atoms with Gasteiger partial charge in [0.2, 0.25) is 0 Å². The minimum Gasteiger partial charge on any atom is -0.322 e. The van der Waals surface area contributed by atoms with Crippen LogP contribution >= 0.6 is 0 Å². The van der Waals surface area contributed by atoms with Gasteiger partial charge in [-0.15, -0.1) is 0 Å². The molecule has 0 saturated carbocycles. The highest BCUT2D eigenvalue weighted by molar-refractivity contribution is 6.04. The van der Waals surface area contributed by atoms with Crippen molar-refractivity contribution in [1.29, 1.82) is 0 Å². The van der Waals surface area contributed by atoms with Crippen molar-refractivity contribution in [2.75, 3.05) is 5.32 Å². The van der Waals surface area contributed by atoms with E-state index in [1.54, 1.807) is 11.0 Å². The third-order valence-electron chi connectivity index (χ3n) is 3.43. The Morgan fingerprint density at radius 3 is 2.41 bits per heavy atom. The molecule has 1 aromatic heterocycles. The largest absolute Gasteiger partial charge is 0.322 e. The summed E-state index contributed by atoms with van der Waals surface area (Å²) in [4.78, 5) is 16.1. The van der Waals surface area contributed by atoms with Gasteiger partial charge < -0.3 is 5.32 Å². The molecule has 1 N–H and O–H groups in total. The van der Waals surface area contributed by atoms with Crippen LogP contribution in [-0.4, -0.2) is 20.7 Å². The highest BCUT2D eigenvalue weighted by Gasteiger charge is 2.06. The van der Waals surface area contributed by atoms with E-state index < -0.39 is 0 Å². The van der Waals surface area contributed by atoms with Crippen LogP contribution in [0.15, 0.2) is 61.2 Å². The summed E-state index contributed by atoms with van der Waals surface area (Å²) in [6.07, 6.45) is 4.07. The monoisotopic (exact) mass is 292 g/mol. The van der Waals surface area contributed by atoms with E-state index in [0.717, 1.165) is 17.8 Å². The van der Waals surface area contributed by atoms with Crippen LogP contribution < -0.4 is 5.32 Å². The first-order valence-corrected chi connectivity index (χ1v) is 7.11. The maximum atomic E-state index is 12.2. The molecule has 1 amide bonds. The number of aryl methyl sites for hydroxylation is 1. The molecule has 0 radical (unpaired) electrons. The molecular formula is C17H16N4O. The molecule has 110 valence electrons. The lowest BCUT2D eigenvalue weighted by Crippen LogP contribution is -2.11. The van der Waals surface area contributed by atoms with Gasteiger partial charge in [0.25, 0.3) is 5.91 Å². The Bertz CT molecular complexity index is 746. The summed E-state index contributed by atoms with van der Waals surface area (Å²) >= 11 is 0. The zero-order chi connectivity index (χ0) is 15.4. The Kier molecular flexibility index (Phi) is 3.96. The van der Waals surface area contributed by atoms with Crippen molar-refractivity contribution in [3.8, 4) is 5.69 Å². The molecule has 3 aromatic rings. The quantitative estimate of drug-likeness (QED) is 0.804. The second kappa shape index (κ2) is 6.22. The van der Waals surface area contributed by atoms with Crippen LogP contribution in [-0.2, 0) is 6.42 Å². The Hall–Kier alpha value is -2.95. The summed E-state index contributed by atoms with van der Waals surface area (Å²) in [6, 6.07) is 15.1. The zero-order valence-electron chi connectivity index (χ0n) is 12.2. The van der Waals surface area contributed by atoms with Gasteiger partial charge in [0.15, 0.2) is 0 Å². The van der Waals surface area contributed by atoms with Gasteiger partial charge in [-0.25, -0.2) is 9.67 Å². The number of amides is 1. The Balaban J connectivity index is 1.71. The van der Waals surface area contributed by atoms with Crippen LogP contribution in [0.1, 0.15) is 22.8 Å². The number of carbonyl (C=O) groups is 1. The molecule has 0 spiro atoms. The first kappa shape index (κ1) is 14.0. The number of nitrogens with zero attached hydrogens (tertiary/aromatic N) is 3. The normalized spacial score (nSPS) is 10.4. The highest BCUT2D eigenvalue weighted by Crippen LogP contribution is 2.14. The number of nitrogens with one attached hydrogen (secondary N) is 1. The van der Waals surface area contributed by atoms with Crippen molar-refractivity contribution in [3.63, 3.8) is 0 Å². The minimum atomic E-state index is -0.115. The van der Waals surface area contributed by atoms with E-state index in [2.05, 4.69) is 22.3 Å². The van der Waals surface area contributed by atoms with Crippen LogP contribution in [0, 0.1) is 0 Å². The minimum absolute atomic E-state index is 0.115. The Morgan fingerprint density at radius 1 is 1.09 bits per heavy atom.